The first-order valence-corrected chi connectivity index (χ1v) is 6.44. The molecular formula is C15H21N3. The zero-order valence-corrected chi connectivity index (χ0v) is 11.6. The molecule has 0 saturated heterocycles. The summed E-state index contributed by atoms with van der Waals surface area (Å²) in [4.78, 5) is 0. The fourth-order valence-corrected chi connectivity index (χ4v) is 2.26. The summed E-state index contributed by atoms with van der Waals surface area (Å²) in [6.45, 7) is 7.20. The number of benzene rings is 1. The molecule has 0 amide bonds. The van der Waals surface area contributed by atoms with Crippen LogP contribution in [-0.2, 0) is 20.0 Å². The molecule has 0 bridgehead atoms. The molecule has 0 spiro atoms. The molecule has 3 heteroatoms. The topological polar surface area (TPSA) is 29.9 Å². The first kappa shape index (κ1) is 12.7. The lowest BCUT2D eigenvalue weighted by Crippen LogP contribution is -2.04. The van der Waals surface area contributed by atoms with Gasteiger partial charge in [0.15, 0.2) is 0 Å². The van der Waals surface area contributed by atoms with Gasteiger partial charge in [0.05, 0.1) is 5.69 Å². The Balaban J connectivity index is 2.16. The van der Waals surface area contributed by atoms with Crippen LogP contribution in [0.3, 0.4) is 0 Å². The first-order chi connectivity index (χ1) is 8.63. The molecule has 0 aliphatic carbocycles. The minimum absolute atomic E-state index is 0.836. The highest BCUT2D eigenvalue weighted by Crippen LogP contribution is 2.18. The molecule has 0 unspecified atom stereocenters. The Labute approximate surface area is 109 Å². The van der Waals surface area contributed by atoms with Crippen molar-refractivity contribution in [1.29, 1.82) is 0 Å². The van der Waals surface area contributed by atoms with E-state index in [1.807, 2.05) is 11.7 Å². The highest BCUT2D eigenvalue weighted by molar-refractivity contribution is 5.51. The van der Waals surface area contributed by atoms with Crippen LogP contribution in [0.2, 0.25) is 0 Å². The quantitative estimate of drug-likeness (QED) is 0.893. The lowest BCUT2D eigenvalue weighted by atomic mass is 10.1. The van der Waals surface area contributed by atoms with Crippen molar-refractivity contribution in [2.24, 2.45) is 7.05 Å². The van der Waals surface area contributed by atoms with Crippen molar-refractivity contribution in [1.82, 2.24) is 9.78 Å². The van der Waals surface area contributed by atoms with E-state index >= 15 is 0 Å². The number of hydrogen-bond acceptors (Lipinski definition) is 2. The lowest BCUT2D eigenvalue weighted by molar-refractivity contribution is 0.730. The monoisotopic (exact) mass is 243 g/mol. The number of rotatable bonds is 4. The normalized spacial score (nSPS) is 10.7. The van der Waals surface area contributed by atoms with Crippen LogP contribution in [0.1, 0.15) is 29.4 Å². The number of para-hydroxylation sites is 1. The number of hydrogen-bond donors (Lipinski definition) is 1. The Morgan fingerprint density at radius 1 is 1.22 bits per heavy atom. The maximum absolute atomic E-state index is 4.44. The summed E-state index contributed by atoms with van der Waals surface area (Å²) >= 11 is 0. The second-order valence-electron chi connectivity index (χ2n) is 4.64. The van der Waals surface area contributed by atoms with E-state index in [0.717, 1.165) is 18.7 Å². The second-order valence-corrected chi connectivity index (χ2v) is 4.64. The molecule has 96 valence electrons. The number of aryl methyl sites for hydroxylation is 3. The predicted octanol–water partition coefficient (Wildman–Crippen LogP) is 3.21. The molecule has 0 atom stereocenters. The van der Waals surface area contributed by atoms with Crippen molar-refractivity contribution < 1.29 is 0 Å². The zero-order chi connectivity index (χ0) is 13.1. The second kappa shape index (κ2) is 5.25. The number of anilines is 1. The number of nitrogens with zero attached hydrogens (tertiary/aromatic N) is 2. The summed E-state index contributed by atoms with van der Waals surface area (Å²) in [6, 6.07) is 8.47. The highest BCUT2D eigenvalue weighted by atomic mass is 15.3. The third-order valence-electron chi connectivity index (χ3n) is 3.51. The summed E-state index contributed by atoms with van der Waals surface area (Å²) in [5.41, 5.74) is 6.22. The Morgan fingerprint density at radius 3 is 2.56 bits per heavy atom. The van der Waals surface area contributed by atoms with E-state index in [1.165, 1.54) is 22.5 Å². The van der Waals surface area contributed by atoms with Gasteiger partial charge in [0, 0.05) is 30.5 Å². The van der Waals surface area contributed by atoms with Gasteiger partial charge in [0.1, 0.15) is 0 Å². The Morgan fingerprint density at radius 2 is 1.94 bits per heavy atom. The average Bonchev–Trinajstić information content (AvgIpc) is 2.62. The van der Waals surface area contributed by atoms with Crippen molar-refractivity contribution in [3.8, 4) is 0 Å². The molecule has 1 aromatic carbocycles. The molecule has 1 N–H and O–H groups in total. The minimum Gasteiger partial charge on any atom is -0.381 e. The third kappa shape index (κ3) is 2.40. The molecule has 2 rings (SSSR count). The van der Waals surface area contributed by atoms with Gasteiger partial charge in [-0.25, -0.2) is 0 Å². The number of aromatic nitrogens is 2. The lowest BCUT2D eigenvalue weighted by Gasteiger charge is -2.11. The Hall–Kier alpha value is -1.77. The maximum atomic E-state index is 4.44. The molecule has 18 heavy (non-hydrogen) atoms. The Bertz CT molecular complexity index is 541. The molecule has 0 fully saturated rings. The summed E-state index contributed by atoms with van der Waals surface area (Å²) in [7, 11) is 1.99. The summed E-state index contributed by atoms with van der Waals surface area (Å²) in [6.07, 6.45) is 1.05. The van der Waals surface area contributed by atoms with Crippen molar-refractivity contribution in [2.45, 2.75) is 33.7 Å². The summed E-state index contributed by atoms with van der Waals surface area (Å²) in [5, 5.41) is 7.96. The molecule has 0 radical (unpaired) electrons. The van der Waals surface area contributed by atoms with Crippen LogP contribution < -0.4 is 5.32 Å². The summed E-state index contributed by atoms with van der Waals surface area (Å²) in [5.74, 6) is 0. The Kier molecular flexibility index (Phi) is 3.70. The third-order valence-corrected chi connectivity index (χ3v) is 3.51. The minimum atomic E-state index is 0.836. The molecule has 2 aromatic rings. The SMILES string of the molecule is CCc1ccccc1NCc1c(C)nn(C)c1C. The van der Waals surface area contributed by atoms with E-state index in [1.54, 1.807) is 0 Å². The molecule has 3 nitrogen and oxygen atoms in total. The molecule has 1 aromatic heterocycles. The van der Waals surface area contributed by atoms with Crippen molar-refractivity contribution >= 4 is 5.69 Å². The van der Waals surface area contributed by atoms with Crippen LogP contribution in [0.4, 0.5) is 5.69 Å². The molecule has 0 aliphatic heterocycles. The van der Waals surface area contributed by atoms with E-state index < -0.39 is 0 Å². The summed E-state index contributed by atoms with van der Waals surface area (Å²) < 4.78 is 1.94. The maximum Gasteiger partial charge on any atom is 0.0646 e. The molecule has 1 heterocycles. The van der Waals surface area contributed by atoms with E-state index in [0.29, 0.717) is 0 Å². The van der Waals surface area contributed by atoms with E-state index in [9.17, 15) is 0 Å². The predicted molar refractivity (Wildman–Crippen MR) is 75.8 cm³/mol. The van der Waals surface area contributed by atoms with E-state index in [4.69, 9.17) is 0 Å². The molecular weight excluding hydrogens is 222 g/mol. The zero-order valence-electron chi connectivity index (χ0n) is 11.6. The van der Waals surface area contributed by atoms with Gasteiger partial charge in [-0.2, -0.15) is 5.10 Å². The van der Waals surface area contributed by atoms with Gasteiger partial charge in [-0.15, -0.1) is 0 Å². The molecule has 0 aliphatic rings. The van der Waals surface area contributed by atoms with Crippen LogP contribution in [0, 0.1) is 13.8 Å². The fourth-order valence-electron chi connectivity index (χ4n) is 2.26. The number of nitrogens with one attached hydrogen (secondary N) is 1. The van der Waals surface area contributed by atoms with Gasteiger partial charge in [-0.3, -0.25) is 4.68 Å². The van der Waals surface area contributed by atoms with Gasteiger partial charge in [0.2, 0.25) is 0 Å². The highest BCUT2D eigenvalue weighted by Gasteiger charge is 2.09. The van der Waals surface area contributed by atoms with Gasteiger partial charge < -0.3 is 5.32 Å². The van der Waals surface area contributed by atoms with Gasteiger partial charge in [-0.1, -0.05) is 25.1 Å². The van der Waals surface area contributed by atoms with Crippen LogP contribution in [-0.4, -0.2) is 9.78 Å². The van der Waals surface area contributed by atoms with Crippen molar-refractivity contribution in [3.63, 3.8) is 0 Å². The van der Waals surface area contributed by atoms with Gasteiger partial charge >= 0.3 is 0 Å². The van der Waals surface area contributed by atoms with Gasteiger partial charge in [0.25, 0.3) is 0 Å². The van der Waals surface area contributed by atoms with Crippen molar-refractivity contribution in [3.05, 3.63) is 46.8 Å². The molecule has 0 saturated carbocycles. The first-order valence-electron chi connectivity index (χ1n) is 6.44. The van der Waals surface area contributed by atoms with Crippen LogP contribution >= 0.6 is 0 Å². The largest absolute Gasteiger partial charge is 0.381 e. The van der Waals surface area contributed by atoms with Crippen LogP contribution in [0.25, 0.3) is 0 Å². The van der Waals surface area contributed by atoms with Crippen LogP contribution in [0.5, 0.6) is 0 Å². The van der Waals surface area contributed by atoms with E-state index in [2.05, 4.69) is 55.5 Å². The van der Waals surface area contributed by atoms with Gasteiger partial charge in [-0.05, 0) is 31.9 Å². The average molecular weight is 243 g/mol. The fraction of sp³-hybridized carbons (Fsp3) is 0.400. The van der Waals surface area contributed by atoms with E-state index in [-0.39, 0.29) is 0 Å². The smallest absolute Gasteiger partial charge is 0.0646 e. The van der Waals surface area contributed by atoms with Crippen LogP contribution in [0.15, 0.2) is 24.3 Å². The van der Waals surface area contributed by atoms with Crippen molar-refractivity contribution in [2.75, 3.05) is 5.32 Å². The standard InChI is InChI=1S/C15H21N3/c1-5-13-8-6-7-9-15(13)16-10-14-11(2)17-18(4)12(14)3/h6-9,16H,5,10H2,1-4H3.